The summed E-state index contributed by atoms with van der Waals surface area (Å²) in [6.07, 6.45) is 1.61. The van der Waals surface area contributed by atoms with Crippen molar-refractivity contribution >= 4 is 28.5 Å². The Bertz CT molecular complexity index is 1120. The molecule has 2 aromatic heterocycles. The zero-order valence-corrected chi connectivity index (χ0v) is 15.6. The molecule has 7 nitrogen and oxygen atoms in total. The summed E-state index contributed by atoms with van der Waals surface area (Å²) in [5.74, 6) is 0.867. The standard InChI is InChI=1S/C20H15ClN2O5/c1-25-15-6-7-16-13(10-26-17(16)9-15)8-19(24)27-11-18-22-20(23-28-18)12-2-4-14(21)5-3-12/h2-7,9-10H,8,11H2,1H3. The summed E-state index contributed by atoms with van der Waals surface area (Å²) in [5, 5.41) is 5.33. The van der Waals surface area contributed by atoms with Gasteiger partial charge in [-0.3, -0.25) is 4.79 Å². The van der Waals surface area contributed by atoms with Gasteiger partial charge in [-0.2, -0.15) is 4.98 Å². The third-order valence-electron chi connectivity index (χ3n) is 4.12. The molecule has 0 saturated carbocycles. The van der Waals surface area contributed by atoms with E-state index in [-0.39, 0.29) is 18.9 Å². The summed E-state index contributed by atoms with van der Waals surface area (Å²) in [7, 11) is 1.58. The lowest BCUT2D eigenvalue weighted by atomic mass is 10.1. The number of carbonyl (C=O) groups excluding carboxylic acids is 1. The fourth-order valence-electron chi connectivity index (χ4n) is 2.71. The number of furan rings is 1. The molecule has 0 radical (unpaired) electrons. The Morgan fingerprint density at radius 3 is 2.79 bits per heavy atom. The number of ether oxygens (including phenoxy) is 2. The number of carbonyl (C=O) groups is 1. The van der Waals surface area contributed by atoms with Crippen LogP contribution in [0.2, 0.25) is 5.02 Å². The highest BCUT2D eigenvalue weighted by molar-refractivity contribution is 6.30. The summed E-state index contributed by atoms with van der Waals surface area (Å²) in [6.45, 7) is -0.108. The quantitative estimate of drug-likeness (QED) is 0.444. The van der Waals surface area contributed by atoms with Crippen LogP contribution in [0.4, 0.5) is 0 Å². The minimum atomic E-state index is -0.426. The number of halogens is 1. The van der Waals surface area contributed by atoms with E-state index < -0.39 is 5.97 Å². The van der Waals surface area contributed by atoms with Gasteiger partial charge in [-0.05, 0) is 36.4 Å². The van der Waals surface area contributed by atoms with Crippen LogP contribution in [-0.2, 0) is 22.6 Å². The molecule has 8 heteroatoms. The lowest BCUT2D eigenvalue weighted by molar-refractivity contribution is -0.144. The molecule has 0 spiro atoms. The molecule has 2 heterocycles. The van der Waals surface area contributed by atoms with Crippen LogP contribution in [0, 0.1) is 0 Å². The molecule has 0 N–H and O–H groups in total. The Labute approximate surface area is 164 Å². The largest absolute Gasteiger partial charge is 0.497 e. The maximum atomic E-state index is 12.2. The van der Waals surface area contributed by atoms with E-state index in [1.54, 1.807) is 37.4 Å². The third-order valence-corrected chi connectivity index (χ3v) is 4.38. The minimum Gasteiger partial charge on any atom is -0.497 e. The van der Waals surface area contributed by atoms with Crippen molar-refractivity contribution in [2.75, 3.05) is 7.11 Å². The van der Waals surface area contributed by atoms with Gasteiger partial charge in [0.2, 0.25) is 5.82 Å². The number of methoxy groups -OCH3 is 1. The van der Waals surface area contributed by atoms with Crippen molar-refractivity contribution in [3.05, 3.63) is 65.2 Å². The van der Waals surface area contributed by atoms with Crippen LogP contribution in [0.5, 0.6) is 5.75 Å². The molecular formula is C20H15ClN2O5. The second kappa shape index (κ2) is 7.74. The van der Waals surface area contributed by atoms with Gasteiger partial charge >= 0.3 is 5.97 Å². The second-order valence-corrected chi connectivity index (χ2v) is 6.42. The van der Waals surface area contributed by atoms with Crippen LogP contribution >= 0.6 is 11.6 Å². The number of hydrogen-bond donors (Lipinski definition) is 0. The van der Waals surface area contributed by atoms with Crippen molar-refractivity contribution in [1.29, 1.82) is 0 Å². The molecule has 2 aromatic carbocycles. The van der Waals surface area contributed by atoms with Gasteiger partial charge in [0.1, 0.15) is 11.3 Å². The van der Waals surface area contributed by atoms with Crippen molar-refractivity contribution in [2.24, 2.45) is 0 Å². The van der Waals surface area contributed by atoms with Gasteiger partial charge in [-0.15, -0.1) is 0 Å². The molecule has 0 aliphatic carbocycles. The van der Waals surface area contributed by atoms with E-state index >= 15 is 0 Å². The lowest BCUT2D eigenvalue weighted by Gasteiger charge is -2.01. The van der Waals surface area contributed by atoms with Gasteiger partial charge < -0.3 is 18.4 Å². The van der Waals surface area contributed by atoms with Gasteiger partial charge in [0, 0.05) is 27.6 Å². The molecule has 0 bridgehead atoms. The molecule has 0 amide bonds. The number of fused-ring (bicyclic) bond motifs is 1. The zero-order valence-electron chi connectivity index (χ0n) is 14.8. The van der Waals surface area contributed by atoms with E-state index in [0.29, 0.717) is 22.2 Å². The molecular weight excluding hydrogens is 384 g/mol. The van der Waals surface area contributed by atoms with E-state index in [9.17, 15) is 4.79 Å². The van der Waals surface area contributed by atoms with Crippen molar-refractivity contribution < 1.29 is 23.2 Å². The highest BCUT2D eigenvalue weighted by Crippen LogP contribution is 2.26. The molecule has 4 rings (SSSR count). The van der Waals surface area contributed by atoms with Crippen LogP contribution in [-0.4, -0.2) is 23.2 Å². The Balaban J connectivity index is 1.38. The first-order valence-electron chi connectivity index (χ1n) is 8.40. The van der Waals surface area contributed by atoms with E-state index in [0.717, 1.165) is 16.5 Å². The molecule has 0 unspecified atom stereocenters. The van der Waals surface area contributed by atoms with Gasteiger partial charge in [0.25, 0.3) is 5.89 Å². The summed E-state index contributed by atoms with van der Waals surface area (Å²) in [4.78, 5) is 16.4. The van der Waals surface area contributed by atoms with Crippen LogP contribution in [0.25, 0.3) is 22.4 Å². The van der Waals surface area contributed by atoms with Gasteiger partial charge in [-0.1, -0.05) is 16.8 Å². The maximum Gasteiger partial charge on any atom is 0.310 e. The SMILES string of the molecule is COc1ccc2c(CC(=O)OCc3nc(-c4ccc(Cl)cc4)no3)coc2c1. The Morgan fingerprint density at radius 1 is 1.18 bits per heavy atom. The molecule has 0 aliphatic heterocycles. The van der Waals surface area contributed by atoms with Crippen molar-refractivity contribution in [2.45, 2.75) is 13.0 Å². The molecule has 28 heavy (non-hydrogen) atoms. The Kier molecular flexibility index (Phi) is 4.99. The fraction of sp³-hybridized carbons (Fsp3) is 0.150. The Morgan fingerprint density at radius 2 is 2.00 bits per heavy atom. The van der Waals surface area contributed by atoms with E-state index in [1.807, 2.05) is 12.1 Å². The minimum absolute atomic E-state index is 0.0670. The first kappa shape index (κ1) is 18.1. The molecule has 0 atom stereocenters. The van der Waals surface area contributed by atoms with Gasteiger partial charge in [0.05, 0.1) is 19.8 Å². The predicted molar refractivity (Wildman–Crippen MR) is 101 cm³/mol. The summed E-state index contributed by atoms with van der Waals surface area (Å²) in [6, 6.07) is 12.4. The number of aromatic nitrogens is 2. The van der Waals surface area contributed by atoms with E-state index in [2.05, 4.69) is 10.1 Å². The fourth-order valence-corrected chi connectivity index (χ4v) is 2.83. The summed E-state index contributed by atoms with van der Waals surface area (Å²) in [5.41, 5.74) is 2.13. The van der Waals surface area contributed by atoms with Crippen LogP contribution in [0.15, 0.2) is 57.7 Å². The van der Waals surface area contributed by atoms with E-state index in [4.69, 9.17) is 30.0 Å². The number of rotatable bonds is 6. The van der Waals surface area contributed by atoms with Gasteiger partial charge in [0.15, 0.2) is 6.61 Å². The van der Waals surface area contributed by atoms with Crippen LogP contribution in [0.1, 0.15) is 11.5 Å². The highest BCUT2D eigenvalue weighted by atomic mass is 35.5. The molecule has 0 fully saturated rings. The normalized spacial score (nSPS) is 10.9. The molecule has 4 aromatic rings. The highest BCUT2D eigenvalue weighted by Gasteiger charge is 2.14. The average Bonchev–Trinajstić information content (AvgIpc) is 3.34. The second-order valence-electron chi connectivity index (χ2n) is 5.98. The van der Waals surface area contributed by atoms with Crippen molar-refractivity contribution in [1.82, 2.24) is 10.1 Å². The Hall–Kier alpha value is -3.32. The van der Waals surface area contributed by atoms with E-state index in [1.165, 1.54) is 6.26 Å². The first-order chi connectivity index (χ1) is 13.6. The predicted octanol–water partition coefficient (Wildman–Crippen LogP) is 4.43. The number of esters is 1. The number of hydrogen-bond acceptors (Lipinski definition) is 7. The van der Waals surface area contributed by atoms with Gasteiger partial charge in [-0.25, -0.2) is 0 Å². The zero-order chi connectivity index (χ0) is 19.5. The maximum absolute atomic E-state index is 12.2. The topological polar surface area (TPSA) is 87.6 Å². The van der Waals surface area contributed by atoms with Crippen molar-refractivity contribution in [3.63, 3.8) is 0 Å². The number of benzene rings is 2. The third kappa shape index (κ3) is 3.84. The smallest absolute Gasteiger partial charge is 0.310 e. The molecule has 0 aliphatic rings. The monoisotopic (exact) mass is 398 g/mol. The summed E-state index contributed by atoms with van der Waals surface area (Å²) >= 11 is 5.86. The molecule has 0 saturated heterocycles. The average molecular weight is 399 g/mol. The lowest BCUT2D eigenvalue weighted by Crippen LogP contribution is -2.07. The van der Waals surface area contributed by atoms with Crippen LogP contribution < -0.4 is 4.74 Å². The summed E-state index contributed by atoms with van der Waals surface area (Å²) < 4.78 is 21.0. The van der Waals surface area contributed by atoms with Crippen molar-refractivity contribution in [3.8, 4) is 17.1 Å². The van der Waals surface area contributed by atoms with Crippen LogP contribution in [0.3, 0.4) is 0 Å². The molecule has 142 valence electrons. The number of nitrogens with zero attached hydrogens (tertiary/aromatic N) is 2. The first-order valence-corrected chi connectivity index (χ1v) is 8.78.